The van der Waals surface area contributed by atoms with Crippen LogP contribution in [0, 0.1) is 0 Å². The van der Waals surface area contributed by atoms with E-state index in [4.69, 9.17) is 5.11 Å². The molecular formula is C12H30N2O2. The van der Waals surface area contributed by atoms with E-state index in [-0.39, 0.29) is 6.04 Å². The lowest BCUT2D eigenvalue weighted by Crippen LogP contribution is -2.26. The predicted molar refractivity (Wildman–Crippen MR) is 70.3 cm³/mol. The molecule has 100 valence electrons. The van der Waals surface area contributed by atoms with E-state index in [2.05, 4.69) is 18.0 Å². The number of aliphatic hydroxyl groups is 1. The monoisotopic (exact) mass is 234 g/mol. The number of aliphatic hydroxyl groups excluding tert-OH is 1. The summed E-state index contributed by atoms with van der Waals surface area (Å²) in [5.41, 5.74) is 4.67. The fourth-order valence-electron chi connectivity index (χ4n) is 0.895. The highest BCUT2D eigenvalue weighted by atomic mass is 16.3. The number of unbranched alkanes of at least 4 members (excludes halogenated alkanes) is 2. The molecule has 2 atom stereocenters. The van der Waals surface area contributed by atoms with Gasteiger partial charge in [-0.1, -0.05) is 40.0 Å². The third kappa shape index (κ3) is 29.2. The summed E-state index contributed by atoms with van der Waals surface area (Å²) in [6, 6.07) is 0.0755. The molecule has 0 rings (SSSR count). The van der Waals surface area contributed by atoms with Gasteiger partial charge in [0.15, 0.2) is 0 Å². The molecule has 2 unspecified atom stereocenters. The maximum atomic E-state index is 10.3. The fraction of sp³-hybridized carbons (Fsp3) is 0.917. The molecular weight excluding hydrogens is 204 g/mol. The zero-order valence-electron chi connectivity index (χ0n) is 11.5. The minimum absolute atomic E-state index is 0.0755. The van der Waals surface area contributed by atoms with Crippen molar-refractivity contribution in [3.05, 3.63) is 0 Å². The molecule has 0 heterocycles. The van der Waals surface area contributed by atoms with E-state index in [1.165, 1.54) is 19.8 Å². The second-order valence-corrected chi connectivity index (χ2v) is 3.27. The molecule has 16 heavy (non-hydrogen) atoms. The molecule has 0 aliphatic carbocycles. The Kier molecular flexibility index (Phi) is 26.2. The van der Waals surface area contributed by atoms with E-state index in [1.54, 1.807) is 0 Å². The predicted octanol–water partition coefficient (Wildman–Crippen LogP) is 1.66. The Labute approximate surface area is 101 Å². The quantitative estimate of drug-likeness (QED) is 0.371. The van der Waals surface area contributed by atoms with Crippen LogP contribution in [0.5, 0.6) is 0 Å². The molecule has 0 aromatic rings. The Hall–Kier alpha value is -0.450. The van der Waals surface area contributed by atoms with Crippen molar-refractivity contribution >= 4 is 6.29 Å². The summed E-state index contributed by atoms with van der Waals surface area (Å²) < 4.78 is 0. The molecule has 0 spiro atoms. The molecule has 0 aromatic carbocycles. The number of hydrogen-bond acceptors (Lipinski definition) is 4. The van der Waals surface area contributed by atoms with Crippen LogP contribution in [0.1, 0.15) is 53.4 Å². The number of nitrogens with two attached hydrogens (primary N) is 1. The van der Waals surface area contributed by atoms with E-state index < -0.39 is 6.23 Å². The lowest BCUT2D eigenvalue weighted by molar-refractivity contribution is -0.109. The molecule has 0 saturated heterocycles. The Bertz CT molecular complexity index is 117. The molecule has 0 aromatic heterocycles. The third-order valence-electron chi connectivity index (χ3n) is 1.65. The summed E-state index contributed by atoms with van der Waals surface area (Å²) in [5, 5.41) is 10.8. The molecule has 4 N–H and O–H groups in total. The van der Waals surface area contributed by atoms with Crippen LogP contribution in [0.4, 0.5) is 0 Å². The van der Waals surface area contributed by atoms with Gasteiger partial charge in [0, 0.05) is 0 Å². The maximum absolute atomic E-state index is 10.3. The Morgan fingerprint density at radius 2 is 1.81 bits per heavy atom. The molecule has 0 aliphatic heterocycles. The highest BCUT2D eigenvalue weighted by molar-refractivity contribution is 5.57. The van der Waals surface area contributed by atoms with Crippen molar-refractivity contribution in [1.82, 2.24) is 5.32 Å². The standard InChI is InChI=1S/C8H17NO.C2H7NO.C2H6/c1-3-4-5-6-8(7-10)9-2;1-2(3)4;1-2/h7-9H,3-6H2,1-2H3;2,4H,3H2,1H3;1-2H3. The zero-order chi connectivity index (χ0) is 13.4. The molecule has 0 saturated carbocycles. The van der Waals surface area contributed by atoms with Crippen LogP contribution in [-0.2, 0) is 4.79 Å². The number of hydrogen-bond donors (Lipinski definition) is 3. The summed E-state index contributed by atoms with van der Waals surface area (Å²) in [5.74, 6) is 0. The van der Waals surface area contributed by atoms with Crippen LogP contribution in [-0.4, -0.2) is 30.7 Å². The maximum Gasteiger partial charge on any atom is 0.136 e. The number of likely N-dealkylation sites (N-methyl/N-ethyl adjacent to an activating group) is 1. The Balaban J connectivity index is -0.000000237. The lowest BCUT2D eigenvalue weighted by Gasteiger charge is -2.06. The van der Waals surface area contributed by atoms with E-state index >= 15 is 0 Å². The number of carbonyl (C=O) groups is 1. The van der Waals surface area contributed by atoms with Crippen molar-refractivity contribution in [2.45, 2.75) is 65.6 Å². The highest BCUT2D eigenvalue weighted by Crippen LogP contribution is 2.00. The van der Waals surface area contributed by atoms with Gasteiger partial charge >= 0.3 is 0 Å². The van der Waals surface area contributed by atoms with Gasteiger partial charge in [0.2, 0.25) is 0 Å². The average Bonchev–Trinajstić information content (AvgIpc) is 2.27. The van der Waals surface area contributed by atoms with Crippen molar-refractivity contribution < 1.29 is 9.90 Å². The van der Waals surface area contributed by atoms with Crippen molar-refractivity contribution in [3.63, 3.8) is 0 Å². The molecule has 0 amide bonds. The summed E-state index contributed by atoms with van der Waals surface area (Å²) in [6.45, 7) is 7.66. The SMILES string of the molecule is CC.CC(N)O.CCCCCC(C=O)NC. The van der Waals surface area contributed by atoms with Crippen molar-refractivity contribution in [2.24, 2.45) is 5.73 Å². The van der Waals surface area contributed by atoms with E-state index in [1.807, 2.05) is 20.9 Å². The van der Waals surface area contributed by atoms with Gasteiger partial charge in [0.05, 0.1) is 12.3 Å². The third-order valence-corrected chi connectivity index (χ3v) is 1.65. The molecule has 4 nitrogen and oxygen atoms in total. The van der Waals surface area contributed by atoms with Gasteiger partial charge in [-0.2, -0.15) is 0 Å². The first-order valence-corrected chi connectivity index (χ1v) is 6.14. The minimum atomic E-state index is -0.667. The molecule has 0 bridgehead atoms. The number of nitrogens with one attached hydrogen (secondary N) is 1. The summed E-state index contributed by atoms with van der Waals surface area (Å²) in [6.07, 6.45) is 4.89. The van der Waals surface area contributed by atoms with Crippen molar-refractivity contribution in [3.8, 4) is 0 Å². The number of rotatable bonds is 6. The first-order chi connectivity index (χ1) is 7.58. The van der Waals surface area contributed by atoms with Gasteiger partial charge < -0.3 is 21.0 Å². The van der Waals surface area contributed by atoms with Gasteiger partial charge in [-0.05, 0) is 20.4 Å². The first kappa shape index (κ1) is 20.9. The van der Waals surface area contributed by atoms with Crippen LogP contribution in [0.25, 0.3) is 0 Å². The van der Waals surface area contributed by atoms with E-state index in [0.717, 1.165) is 19.1 Å². The smallest absolute Gasteiger partial charge is 0.136 e. The topological polar surface area (TPSA) is 75.3 Å². The normalized spacial score (nSPS) is 12.4. The van der Waals surface area contributed by atoms with Gasteiger partial charge in [-0.3, -0.25) is 0 Å². The van der Waals surface area contributed by atoms with Gasteiger partial charge in [0.1, 0.15) is 6.29 Å². The molecule has 4 heteroatoms. The van der Waals surface area contributed by atoms with Crippen LogP contribution in [0.2, 0.25) is 0 Å². The molecule has 0 radical (unpaired) electrons. The fourth-order valence-corrected chi connectivity index (χ4v) is 0.895. The highest BCUT2D eigenvalue weighted by Gasteiger charge is 2.00. The Morgan fingerprint density at radius 1 is 1.38 bits per heavy atom. The minimum Gasteiger partial charge on any atom is -0.379 e. The van der Waals surface area contributed by atoms with E-state index in [0.29, 0.717) is 0 Å². The lowest BCUT2D eigenvalue weighted by atomic mass is 10.1. The number of carbonyl (C=O) groups excluding carboxylic acids is 1. The summed E-state index contributed by atoms with van der Waals surface area (Å²) in [7, 11) is 1.82. The van der Waals surface area contributed by atoms with Crippen molar-refractivity contribution in [2.75, 3.05) is 7.05 Å². The second kappa shape index (κ2) is 20.0. The Morgan fingerprint density at radius 3 is 2.06 bits per heavy atom. The van der Waals surface area contributed by atoms with E-state index in [9.17, 15) is 4.79 Å². The number of aldehydes is 1. The van der Waals surface area contributed by atoms with Crippen LogP contribution >= 0.6 is 0 Å². The molecule has 0 fully saturated rings. The van der Waals surface area contributed by atoms with Gasteiger partial charge in [-0.25, -0.2) is 0 Å². The van der Waals surface area contributed by atoms with Gasteiger partial charge in [-0.15, -0.1) is 0 Å². The first-order valence-electron chi connectivity index (χ1n) is 6.14. The van der Waals surface area contributed by atoms with Crippen LogP contribution in [0.15, 0.2) is 0 Å². The largest absolute Gasteiger partial charge is 0.379 e. The summed E-state index contributed by atoms with van der Waals surface area (Å²) >= 11 is 0. The van der Waals surface area contributed by atoms with Crippen molar-refractivity contribution in [1.29, 1.82) is 0 Å². The second-order valence-electron chi connectivity index (χ2n) is 3.27. The van der Waals surface area contributed by atoms with Gasteiger partial charge in [0.25, 0.3) is 0 Å². The summed E-state index contributed by atoms with van der Waals surface area (Å²) in [4.78, 5) is 10.3. The van der Waals surface area contributed by atoms with Crippen LogP contribution < -0.4 is 11.1 Å². The van der Waals surface area contributed by atoms with Crippen LogP contribution in [0.3, 0.4) is 0 Å². The average molecular weight is 234 g/mol. The zero-order valence-corrected chi connectivity index (χ0v) is 11.5. The molecule has 0 aliphatic rings.